The van der Waals surface area contributed by atoms with Gasteiger partial charge in [0.05, 0.1) is 22.4 Å². The van der Waals surface area contributed by atoms with Gasteiger partial charge in [0.25, 0.3) is 0 Å². The normalized spacial score (nSPS) is 12.6. The Morgan fingerprint density at radius 2 is 1.23 bits per heavy atom. The Hall–Kier alpha value is -5.88. The predicted octanol–water partition coefficient (Wildman–Crippen LogP) is 13.0. The Balaban J connectivity index is 1.46. The number of phenols is 1. The van der Waals surface area contributed by atoms with Crippen LogP contribution in [0.25, 0.3) is 50.0 Å². The molecule has 0 fully saturated rings. The van der Waals surface area contributed by atoms with Crippen molar-refractivity contribution in [1.82, 2.24) is 14.3 Å². The zero-order valence-electron chi connectivity index (χ0n) is 39.1. The van der Waals surface area contributed by atoms with Gasteiger partial charge in [-0.25, -0.2) is 0 Å². The molecule has 2 heterocycles. The molecule has 0 saturated carbocycles. The number of hydrogen-bond donors (Lipinski definition) is 1. The first-order valence-electron chi connectivity index (χ1n) is 22.4. The minimum Gasteiger partial charge on any atom is -0.513 e. The molecule has 6 heteroatoms. The summed E-state index contributed by atoms with van der Waals surface area (Å²) in [7, 11) is 0. The van der Waals surface area contributed by atoms with Crippen molar-refractivity contribution in [3.63, 3.8) is 0 Å². The summed E-state index contributed by atoms with van der Waals surface area (Å²) in [5.74, 6) is 0.992. The molecule has 8 rings (SSSR count). The van der Waals surface area contributed by atoms with Gasteiger partial charge in [-0.15, -0.1) is 0 Å². The molecule has 316 valence electrons. The van der Waals surface area contributed by atoms with Crippen molar-refractivity contribution >= 4 is 34.4 Å². The lowest BCUT2D eigenvalue weighted by Crippen LogP contribution is -2.63. The van der Waals surface area contributed by atoms with Gasteiger partial charge in [0.2, 0.25) is 6.33 Å². The molecular formula is C56H63BN4O. The quantitative estimate of drug-likeness (QED) is 0.123. The summed E-state index contributed by atoms with van der Waals surface area (Å²) < 4.78 is 6.47. The molecule has 2 aromatic heterocycles. The minimum atomic E-state index is -0.431. The highest BCUT2D eigenvalue weighted by molar-refractivity contribution is 6.64. The van der Waals surface area contributed by atoms with Crippen LogP contribution < -0.4 is 9.94 Å². The molecule has 0 unspecified atom stereocenters. The van der Waals surface area contributed by atoms with Gasteiger partial charge in [-0.2, -0.15) is 5.10 Å². The summed E-state index contributed by atoms with van der Waals surface area (Å²) in [5.41, 5.74) is 14.8. The van der Waals surface area contributed by atoms with Crippen LogP contribution in [-0.4, -0.2) is 26.3 Å². The van der Waals surface area contributed by atoms with Gasteiger partial charge in [-0.3, -0.25) is 4.59 Å². The number of benzene rings is 6. The van der Waals surface area contributed by atoms with Gasteiger partial charge in [0.15, 0.2) is 0 Å². The van der Waals surface area contributed by atoms with E-state index >= 15 is 0 Å². The number of aromatic nitrogens is 4. The molecule has 0 aliphatic rings. The number of para-hydroxylation sites is 2. The van der Waals surface area contributed by atoms with E-state index in [4.69, 9.17) is 5.10 Å². The smallest absolute Gasteiger partial charge is 0.513 e. The van der Waals surface area contributed by atoms with Crippen molar-refractivity contribution in [1.29, 1.82) is 0 Å². The molecule has 0 bridgehead atoms. The Bertz CT molecular complexity index is 2900. The highest BCUT2D eigenvalue weighted by Crippen LogP contribution is 2.42. The lowest BCUT2D eigenvalue weighted by Gasteiger charge is -2.28. The van der Waals surface area contributed by atoms with Gasteiger partial charge in [-0.05, 0) is 90.7 Å². The fraction of sp³-hybridized carbons (Fsp3) is 0.321. The fourth-order valence-corrected chi connectivity index (χ4v) is 8.98. The van der Waals surface area contributed by atoms with Crippen LogP contribution in [0.15, 0.2) is 127 Å². The zero-order valence-corrected chi connectivity index (χ0v) is 39.1. The Kier molecular flexibility index (Phi) is 10.9. The van der Waals surface area contributed by atoms with Crippen LogP contribution in [-0.2, 0) is 16.2 Å². The van der Waals surface area contributed by atoms with Crippen molar-refractivity contribution < 1.29 is 9.58 Å². The summed E-state index contributed by atoms with van der Waals surface area (Å²) in [5, 5.41) is 19.0. The molecule has 0 atom stereocenters. The number of rotatable bonds is 8. The SMILES string of the molecule is CC(C)c1cccc(C(C)C)c1-c1ccc2c(c1)c(-c1cccc(C(C)(C)C)c1)nn2B(c1ccccc1)[n+]1[c-]n(-c2cc(C(C)(C)C)cc(C(C)(C)C)c2O)c2ccccc21. The predicted molar refractivity (Wildman–Crippen MR) is 261 cm³/mol. The Morgan fingerprint density at radius 3 is 1.85 bits per heavy atom. The monoisotopic (exact) mass is 819 g/mol. The Labute approximate surface area is 370 Å². The molecule has 1 N–H and O–H groups in total. The highest BCUT2D eigenvalue weighted by Gasteiger charge is 2.35. The summed E-state index contributed by atoms with van der Waals surface area (Å²) in [6, 6.07) is 46.1. The second-order valence-corrected chi connectivity index (χ2v) is 20.9. The van der Waals surface area contributed by atoms with Crippen molar-refractivity contribution in [2.75, 3.05) is 0 Å². The van der Waals surface area contributed by atoms with Crippen molar-refractivity contribution in [3.8, 4) is 33.8 Å². The fourth-order valence-electron chi connectivity index (χ4n) is 8.98. The zero-order chi connectivity index (χ0) is 44.5. The average molecular weight is 819 g/mol. The molecule has 0 aliphatic carbocycles. The van der Waals surface area contributed by atoms with Gasteiger partial charge in [0.1, 0.15) is 5.75 Å². The maximum absolute atomic E-state index is 12.2. The largest absolute Gasteiger partial charge is 0.540 e. The van der Waals surface area contributed by atoms with E-state index in [2.05, 4.69) is 237 Å². The maximum atomic E-state index is 12.2. The third-order valence-corrected chi connectivity index (χ3v) is 12.5. The minimum absolute atomic E-state index is 0.0379. The van der Waals surface area contributed by atoms with Crippen molar-refractivity contribution in [2.45, 2.75) is 118 Å². The molecular weight excluding hydrogens is 755 g/mol. The van der Waals surface area contributed by atoms with E-state index in [1.807, 2.05) is 0 Å². The first-order chi connectivity index (χ1) is 29.2. The van der Waals surface area contributed by atoms with Gasteiger partial charge in [0, 0.05) is 16.5 Å². The van der Waals surface area contributed by atoms with Crippen LogP contribution in [0.4, 0.5) is 0 Å². The van der Waals surface area contributed by atoms with E-state index in [9.17, 15) is 5.11 Å². The topological polar surface area (TPSA) is 46.9 Å². The van der Waals surface area contributed by atoms with Crippen LogP contribution in [0.1, 0.15) is 130 Å². The van der Waals surface area contributed by atoms with Crippen molar-refractivity contribution in [3.05, 3.63) is 162 Å². The van der Waals surface area contributed by atoms with Crippen LogP contribution in [0.3, 0.4) is 0 Å². The van der Waals surface area contributed by atoms with Gasteiger partial charge >= 0.3 is 6.98 Å². The maximum Gasteiger partial charge on any atom is 0.540 e. The van der Waals surface area contributed by atoms with E-state index < -0.39 is 6.98 Å². The molecule has 62 heavy (non-hydrogen) atoms. The number of hydrogen-bond acceptors (Lipinski definition) is 2. The average Bonchev–Trinajstić information content (AvgIpc) is 3.79. The van der Waals surface area contributed by atoms with Crippen LogP contribution >= 0.6 is 0 Å². The molecule has 5 nitrogen and oxygen atoms in total. The van der Waals surface area contributed by atoms with E-state index in [0.29, 0.717) is 17.5 Å². The van der Waals surface area contributed by atoms with E-state index in [-0.39, 0.29) is 22.0 Å². The summed E-state index contributed by atoms with van der Waals surface area (Å²) in [4.78, 5) is 0. The summed E-state index contributed by atoms with van der Waals surface area (Å²) >= 11 is 0. The first kappa shape index (κ1) is 42.8. The molecule has 0 saturated heterocycles. The Morgan fingerprint density at radius 1 is 0.597 bits per heavy atom. The van der Waals surface area contributed by atoms with Crippen LogP contribution in [0.5, 0.6) is 5.75 Å². The molecule has 0 amide bonds. The molecule has 0 spiro atoms. The molecule has 0 aliphatic heterocycles. The second-order valence-electron chi connectivity index (χ2n) is 20.9. The highest BCUT2D eigenvalue weighted by atomic mass is 16.3. The molecule has 8 aromatic rings. The first-order valence-corrected chi connectivity index (χ1v) is 22.4. The van der Waals surface area contributed by atoms with E-state index in [0.717, 1.165) is 49.8 Å². The second kappa shape index (κ2) is 15.8. The lowest BCUT2D eigenvalue weighted by atomic mass is 9.67. The number of fused-ring (bicyclic) bond motifs is 2. The number of imidazole rings is 1. The van der Waals surface area contributed by atoms with Crippen LogP contribution in [0, 0.1) is 6.33 Å². The summed E-state index contributed by atoms with van der Waals surface area (Å²) in [6.45, 7) is 28.7. The van der Waals surface area contributed by atoms with E-state index in [1.165, 1.54) is 27.8 Å². The van der Waals surface area contributed by atoms with Gasteiger partial charge in [-0.1, -0.05) is 199 Å². The number of aromatic hydroxyl groups is 1. The van der Waals surface area contributed by atoms with Gasteiger partial charge < -0.3 is 14.2 Å². The number of nitrogens with zero attached hydrogens (tertiary/aromatic N) is 4. The van der Waals surface area contributed by atoms with Crippen LogP contribution in [0.2, 0.25) is 0 Å². The standard InChI is InChI=1S/C56H63BN4O/c1-36(2)43-25-20-26-44(37(3)4)51(43)38-29-30-47-45(32-38)52(39-21-19-22-40(31-39)54(5,6)7)58-61(47)57(42-23-15-14-16-24-42)60-35-59(48-27-17-18-28-49(48)60)50-34-41(55(8,9)10)33-46(53(50)62)56(11,12)13/h14-34,36-37,62H,1-13H3. The third-order valence-electron chi connectivity index (χ3n) is 12.5. The molecule has 0 radical (unpaired) electrons. The number of phenolic OH excluding ortho intramolecular Hbond substituents is 1. The lowest BCUT2D eigenvalue weighted by molar-refractivity contribution is -0.513. The third kappa shape index (κ3) is 7.78. The summed E-state index contributed by atoms with van der Waals surface area (Å²) in [6.07, 6.45) is 3.83. The molecule has 6 aromatic carbocycles. The van der Waals surface area contributed by atoms with Crippen molar-refractivity contribution in [2.24, 2.45) is 0 Å². The van der Waals surface area contributed by atoms with E-state index in [1.54, 1.807) is 0 Å².